The van der Waals surface area contributed by atoms with Gasteiger partial charge in [-0.25, -0.2) is 4.98 Å². The Balaban J connectivity index is 2.26. The molecule has 0 spiro atoms. The molecule has 0 amide bonds. The first-order valence-corrected chi connectivity index (χ1v) is 9.28. The molecule has 5 heteroatoms. The van der Waals surface area contributed by atoms with E-state index in [1.165, 1.54) is 9.88 Å². The molecule has 0 aliphatic carbocycles. The Morgan fingerprint density at radius 1 is 1.24 bits per heavy atom. The number of nitrogens with zero attached hydrogens (tertiary/aromatic N) is 1. The predicted octanol–water partition coefficient (Wildman–Crippen LogP) is 6.45. The average molecular weight is 432 g/mol. The highest BCUT2D eigenvalue weighted by Crippen LogP contribution is 2.35. The van der Waals surface area contributed by atoms with Gasteiger partial charge in [-0.3, -0.25) is 0 Å². The van der Waals surface area contributed by atoms with Crippen LogP contribution >= 0.6 is 43.2 Å². The summed E-state index contributed by atoms with van der Waals surface area (Å²) < 4.78 is 2.13. The predicted molar refractivity (Wildman–Crippen MR) is 99.4 cm³/mol. The molecule has 0 saturated heterocycles. The molecule has 1 heterocycles. The van der Waals surface area contributed by atoms with Crippen molar-refractivity contribution in [2.45, 2.75) is 46.1 Å². The second-order valence-electron chi connectivity index (χ2n) is 6.21. The van der Waals surface area contributed by atoms with Gasteiger partial charge >= 0.3 is 0 Å². The first-order valence-electron chi connectivity index (χ1n) is 6.88. The van der Waals surface area contributed by atoms with E-state index < -0.39 is 0 Å². The fourth-order valence-corrected chi connectivity index (χ4v) is 3.89. The van der Waals surface area contributed by atoms with E-state index >= 15 is 0 Å². The molecule has 0 bridgehead atoms. The molecule has 114 valence electrons. The largest absolute Gasteiger partial charge is 0.377 e. The van der Waals surface area contributed by atoms with Crippen molar-refractivity contribution in [3.63, 3.8) is 0 Å². The molecule has 1 aromatic heterocycles. The Kier molecular flexibility index (Phi) is 5.16. The third-order valence-corrected chi connectivity index (χ3v) is 6.12. The summed E-state index contributed by atoms with van der Waals surface area (Å²) >= 11 is 8.91. The number of anilines is 1. The smallest absolute Gasteiger partial charge is 0.0985 e. The third kappa shape index (κ3) is 4.08. The molecule has 0 aliphatic heterocycles. The van der Waals surface area contributed by atoms with Gasteiger partial charge in [0.15, 0.2) is 0 Å². The molecule has 21 heavy (non-hydrogen) atoms. The van der Waals surface area contributed by atoms with E-state index in [1.807, 2.05) is 12.1 Å². The van der Waals surface area contributed by atoms with Crippen molar-refractivity contribution in [3.8, 4) is 0 Å². The number of hydrogen-bond acceptors (Lipinski definition) is 3. The van der Waals surface area contributed by atoms with E-state index in [0.717, 1.165) is 20.3 Å². The molecule has 2 nitrogen and oxygen atoms in total. The number of hydrogen-bond donors (Lipinski definition) is 1. The lowest BCUT2D eigenvalue weighted by atomic mass is 9.98. The highest BCUT2D eigenvalue weighted by molar-refractivity contribution is 9.11. The first-order chi connectivity index (χ1) is 9.68. The van der Waals surface area contributed by atoms with Gasteiger partial charge in [0.25, 0.3) is 0 Å². The lowest BCUT2D eigenvalue weighted by molar-refractivity contribution is 0.584. The van der Waals surface area contributed by atoms with Crippen molar-refractivity contribution in [1.82, 2.24) is 4.98 Å². The van der Waals surface area contributed by atoms with Gasteiger partial charge in [-0.15, -0.1) is 11.3 Å². The van der Waals surface area contributed by atoms with E-state index in [4.69, 9.17) is 4.98 Å². The number of aromatic nitrogens is 1. The van der Waals surface area contributed by atoms with Gasteiger partial charge in [0.2, 0.25) is 0 Å². The molecule has 0 saturated carbocycles. The normalized spacial score (nSPS) is 13.3. The van der Waals surface area contributed by atoms with Gasteiger partial charge in [-0.2, -0.15) is 0 Å². The van der Waals surface area contributed by atoms with Crippen LogP contribution in [0.3, 0.4) is 0 Å². The Morgan fingerprint density at radius 2 is 1.90 bits per heavy atom. The number of halogens is 2. The minimum Gasteiger partial charge on any atom is -0.377 e. The molecule has 1 N–H and O–H groups in total. The van der Waals surface area contributed by atoms with Gasteiger partial charge in [-0.1, -0.05) is 36.7 Å². The zero-order valence-corrected chi connectivity index (χ0v) is 16.9. The molecular formula is C16H20Br2N2S. The fraction of sp³-hybridized carbons (Fsp3) is 0.438. The molecule has 0 fully saturated rings. The lowest BCUT2D eigenvalue weighted by Gasteiger charge is -2.16. The number of thiazole rings is 1. The fourth-order valence-electron chi connectivity index (χ4n) is 2.04. The summed E-state index contributed by atoms with van der Waals surface area (Å²) in [5.74, 6) is 0. The molecule has 2 aromatic rings. The number of nitrogens with one attached hydrogen (secondary N) is 1. The molecule has 1 unspecified atom stereocenters. The maximum absolute atomic E-state index is 4.74. The van der Waals surface area contributed by atoms with E-state index in [-0.39, 0.29) is 11.5 Å². The molecule has 2 rings (SSSR count). The van der Waals surface area contributed by atoms with E-state index in [0.29, 0.717) is 0 Å². The highest BCUT2D eigenvalue weighted by atomic mass is 79.9. The summed E-state index contributed by atoms with van der Waals surface area (Å²) in [5, 5.41) is 4.76. The van der Waals surface area contributed by atoms with Crippen LogP contribution in [-0.4, -0.2) is 4.98 Å². The molecular weight excluding hydrogens is 412 g/mol. The maximum Gasteiger partial charge on any atom is 0.0985 e. The third-order valence-electron chi connectivity index (χ3n) is 3.17. The van der Waals surface area contributed by atoms with Crippen molar-refractivity contribution < 1.29 is 0 Å². The lowest BCUT2D eigenvalue weighted by Crippen LogP contribution is -2.10. The Morgan fingerprint density at radius 3 is 2.48 bits per heavy atom. The Labute approximate surface area is 147 Å². The van der Waals surface area contributed by atoms with E-state index in [1.54, 1.807) is 11.3 Å². The van der Waals surface area contributed by atoms with Gasteiger partial charge in [0.1, 0.15) is 0 Å². The van der Waals surface area contributed by atoms with Gasteiger partial charge in [0.05, 0.1) is 22.4 Å². The van der Waals surface area contributed by atoms with Gasteiger partial charge < -0.3 is 5.32 Å². The number of benzene rings is 1. The van der Waals surface area contributed by atoms with Crippen LogP contribution in [0.15, 0.2) is 27.1 Å². The number of aryl methyl sites for hydroxylation is 1. The molecule has 0 aliphatic rings. The first kappa shape index (κ1) is 17.0. The summed E-state index contributed by atoms with van der Waals surface area (Å²) in [4.78, 5) is 6.04. The second-order valence-corrected chi connectivity index (χ2v) is 9.01. The monoisotopic (exact) mass is 430 g/mol. The van der Waals surface area contributed by atoms with Crippen molar-refractivity contribution >= 4 is 48.9 Å². The van der Waals surface area contributed by atoms with Crippen molar-refractivity contribution in [2.24, 2.45) is 0 Å². The zero-order chi connectivity index (χ0) is 15.8. The minimum atomic E-state index is 0.101. The zero-order valence-electron chi connectivity index (χ0n) is 12.9. The number of rotatable bonds is 3. The van der Waals surface area contributed by atoms with Crippen LogP contribution in [0.1, 0.15) is 49.3 Å². The Hall–Kier alpha value is -0.390. The minimum absolute atomic E-state index is 0.101. The van der Waals surface area contributed by atoms with E-state index in [2.05, 4.69) is 77.9 Å². The summed E-state index contributed by atoms with van der Waals surface area (Å²) in [7, 11) is 0. The van der Waals surface area contributed by atoms with Crippen molar-refractivity contribution in [2.75, 3.05) is 5.32 Å². The van der Waals surface area contributed by atoms with Crippen LogP contribution in [0.4, 0.5) is 5.69 Å². The quantitative estimate of drug-likeness (QED) is 0.603. The summed E-state index contributed by atoms with van der Waals surface area (Å²) in [6.45, 7) is 10.9. The topological polar surface area (TPSA) is 24.9 Å². The second kappa shape index (κ2) is 6.39. The summed E-state index contributed by atoms with van der Waals surface area (Å²) in [6.07, 6.45) is 0. The molecule has 0 radical (unpaired) electrons. The standard InChI is InChI=1S/C16H20Br2N2S/c1-9(19-13-8-11(17)6-7-12(13)18)14-10(2)20-15(21-14)16(3,4)5/h6-9,19H,1-5H3. The van der Waals surface area contributed by atoms with Crippen LogP contribution in [-0.2, 0) is 5.41 Å². The highest BCUT2D eigenvalue weighted by Gasteiger charge is 2.22. The van der Waals surface area contributed by atoms with Gasteiger partial charge in [-0.05, 0) is 48.0 Å². The van der Waals surface area contributed by atoms with Crippen LogP contribution in [0, 0.1) is 6.92 Å². The molecule has 1 aromatic carbocycles. The van der Waals surface area contributed by atoms with Crippen LogP contribution < -0.4 is 5.32 Å². The van der Waals surface area contributed by atoms with Crippen LogP contribution in [0.25, 0.3) is 0 Å². The van der Waals surface area contributed by atoms with Crippen LogP contribution in [0.5, 0.6) is 0 Å². The average Bonchev–Trinajstić information content (AvgIpc) is 2.76. The van der Waals surface area contributed by atoms with E-state index in [9.17, 15) is 0 Å². The van der Waals surface area contributed by atoms with Crippen molar-refractivity contribution in [3.05, 3.63) is 42.7 Å². The van der Waals surface area contributed by atoms with Gasteiger partial charge in [0, 0.05) is 19.2 Å². The Bertz CT molecular complexity index is 644. The summed E-state index contributed by atoms with van der Waals surface area (Å²) in [6, 6.07) is 6.38. The summed E-state index contributed by atoms with van der Waals surface area (Å²) in [5.41, 5.74) is 2.31. The SMILES string of the molecule is Cc1nc(C(C)(C)C)sc1C(C)Nc1cc(Br)ccc1Br. The molecule has 1 atom stereocenters. The maximum atomic E-state index is 4.74. The van der Waals surface area contributed by atoms with Crippen molar-refractivity contribution in [1.29, 1.82) is 0 Å². The van der Waals surface area contributed by atoms with Crippen LogP contribution in [0.2, 0.25) is 0 Å².